The number of aryl methyl sites for hydroxylation is 3. The fourth-order valence-electron chi connectivity index (χ4n) is 11.2. The van der Waals surface area contributed by atoms with Crippen molar-refractivity contribution in [1.29, 1.82) is 0 Å². The molecule has 0 radical (unpaired) electrons. The van der Waals surface area contributed by atoms with Crippen molar-refractivity contribution < 1.29 is 18.9 Å². The number of nitrogens with one attached hydrogen (secondary N) is 3. The number of hydrogen-bond donors (Lipinski definition) is 3. The van der Waals surface area contributed by atoms with Crippen LogP contribution >= 0.6 is 23.1 Å². The number of aromatic nitrogens is 5. The maximum Gasteiger partial charge on any atom is 0.234 e. The summed E-state index contributed by atoms with van der Waals surface area (Å²) in [7, 11) is 1.04. The number of carbonyl (C=O) groups is 2. The van der Waals surface area contributed by atoms with Gasteiger partial charge in [-0.3, -0.25) is 29.5 Å². The molecule has 0 saturated carbocycles. The van der Waals surface area contributed by atoms with Crippen LogP contribution < -0.4 is 30.9 Å². The molecule has 3 N–H and O–H groups in total. The quantitative estimate of drug-likeness (QED) is 0.0705. The van der Waals surface area contributed by atoms with Crippen LogP contribution in [0.2, 0.25) is 0 Å². The zero-order chi connectivity index (χ0) is 47.8. The Morgan fingerprint density at radius 3 is 2.39 bits per heavy atom. The van der Waals surface area contributed by atoms with Gasteiger partial charge in [0.15, 0.2) is 0 Å². The van der Waals surface area contributed by atoms with Gasteiger partial charge in [0.1, 0.15) is 18.7 Å². The smallest absolute Gasteiger partial charge is 0.234 e. The largest absolute Gasteiger partial charge is 0.494 e. The van der Waals surface area contributed by atoms with Crippen molar-refractivity contribution in [3.05, 3.63) is 87.8 Å². The zero-order valence-corrected chi connectivity index (χ0v) is 42.7. The number of ether oxygens (including phenoxy) is 1. The lowest BCUT2D eigenvalue weighted by atomic mass is 9.87. The van der Waals surface area contributed by atoms with Gasteiger partial charge in [-0.05, 0) is 108 Å². The first kappa shape index (κ1) is 47.3. The second kappa shape index (κ2) is 20.1. The van der Waals surface area contributed by atoms with Gasteiger partial charge < -0.3 is 29.7 Å². The fraction of sp³-hybridized carbons (Fsp3) is 0.462. The third-order valence-electron chi connectivity index (χ3n) is 15.0. The summed E-state index contributed by atoms with van der Waals surface area (Å²) in [5, 5.41) is 16.9. The number of piperazine rings is 1. The van der Waals surface area contributed by atoms with Crippen LogP contribution in [0.1, 0.15) is 80.7 Å². The van der Waals surface area contributed by atoms with Gasteiger partial charge in [0, 0.05) is 117 Å². The van der Waals surface area contributed by atoms with Gasteiger partial charge in [0.2, 0.25) is 17.8 Å². The number of methoxy groups -OCH3 is 1. The van der Waals surface area contributed by atoms with Crippen molar-refractivity contribution >= 4 is 90.8 Å². The maximum absolute atomic E-state index is 14.5. The highest BCUT2D eigenvalue weighted by molar-refractivity contribution is 9.10. The Bertz CT molecular complexity index is 2950. The number of carbonyl (C=O) groups excluding carboxylic acids is 2. The van der Waals surface area contributed by atoms with Crippen LogP contribution in [-0.2, 0) is 40.5 Å². The van der Waals surface area contributed by atoms with Crippen LogP contribution in [0.4, 0.5) is 28.8 Å². The predicted molar refractivity (Wildman–Crippen MR) is 279 cm³/mol. The number of hydrogen-bond acceptors (Lipinski definition) is 13. The number of fused-ring (bicyclic) bond motifs is 2. The molecule has 17 heteroatoms. The number of pyridine rings is 1. The van der Waals surface area contributed by atoms with Crippen LogP contribution in [0.5, 0.6) is 5.75 Å². The Balaban J connectivity index is 0.768. The van der Waals surface area contributed by atoms with E-state index in [1.54, 1.807) is 13.3 Å². The average Bonchev–Trinajstić information content (AvgIpc) is 4.00. The summed E-state index contributed by atoms with van der Waals surface area (Å²) in [5.41, 5.74) is 9.20. The van der Waals surface area contributed by atoms with Crippen molar-refractivity contribution in [1.82, 2.24) is 39.8 Å². The third kappa shape index (κ3) is 9.61. The Morgan fingerprint density at radius 1 is 0.855 bits per heavy atom. The molecule has 15 nitrogen and oxygen atoms in total. The molecule has 3 aromatic carbocycles. The van der Waals surface area contributed by atoms with E-state index in [-0.39, 0.29) is 17.7 Å². The summed E-state index contributed by atoms with van der Waals surface area (Å²) in [6, 6.07) is 17.3. The summed E-state index contributed by atoms with van der Waals surface area (Å²) >= 11 is 3.69. The molecule has 3 aromatic heterocycles. The molecule has 362 valence electrons. The first-order chi connectivity index (χ1) is 33.5. The number of anilines is 5. The Morgan fingerprint density at radius 2 is 1.65 bits per heavy atom. The Hall–Kier alpha value is -5.41. The summed E-state index contributed by atoms with van der Waals surface area (Å²) < 4.78 is 23.2. The molecule has 10 rings (SSSR count). The summed E-state index contributed by atoms with van der Waals surface area (Å²) in [6.07, 6.45) is 12.7. The average molecular weight is 1020 g/mol. The first-order valence-electron chi connectivity index (χ1n) is 24.8. The minimum Gasteiger partial charge on any atom is -0.494 e. The van der Waals surface area contributed by atoms with Crippen molar-refractivity contribution in [2.45, 2.75) is 83.6 Å². The van der Waals surface area contributed by atoms with E-state index >= 15 is 0 Å². The highest BCUT2D eigenvalue weighted by Crippen LogP contribution is 2.54. The molecule has 0 aliphatic carbocycles. The van der Waals surface area contributed by atoms with Gasteiger partial charge in [0.05, 0.1) is 46.1 Å². The van der Waals surface area contributed by atoms with Crippen LogP contribution in [0.3, 0.4) is 0 Å². The number of benzene rings is 3. The van der Waals surface area contributed by atoms with Crippen molar-refractivity contribution in [2.24, 2.45) is 7.05 Å². The molecule has 4 aliphatic rings. The van der Waals surface area contributed by atoms with E-state index in [4.69, 9.17) is 14.7 Å². The highest BCUT2D eigenvalue weighted by Gasteiger charge is 2.35. The lowest BCUT2D eigenvalue weighted by Crippen LogP contribution is -2.53. The van der Waals surface area contributed by atoms with Gasteiger partial charge in [0.25, 0.3) is 0 Å². The van der Waals surface area contributed by atoms with Crippen LogP contribution in [0, 0.1) is 0 Å². The minimum absolute atomic E-state index is 0.196. The number of rotatable bonds is 14. The van der Waals surface area contributed by atoms with E-state index in [1.807, 2.05) is 30.1 Å². The summed E-state index contributed by atoms with van der Waals surface area (Å²) in [6.45, 7) is 11.4. The van der Waals surface area contributed by atoms with Gasteiger partial charge in [-0.25, -0.2) is 4.98 Å². The number of halogens is 1. The molecule has 4 aliphatic heterocycles. The van der Waals surface area contributed by atoms with E-state index in [9.17, 15) is 14.2 Å². The van der Waals surface area contributed by atoms with Crippen LogP contribution in [-0.4, -0.2) is 118 Å². The van der Waals surface area contributed by atoms with Crippen molar-refractivity contribution in [3.8, 4) is 5.75 Å². The molecule has 7 heterocycles. The van der Waals surface area contributed by atoms with Gasteiger partial charge >= 0.3 is 0 Å². The second-order valence-electron chi connectivity index (χ2n) is 19.1. The molecule has 1 unspecified atom stereocenters. The molecule has 4 saturated heterocycles. The first-order valence-corrected chi connectivity index (χ1v) is 27.7. The minimum atomic E-state index is -2.64. The SMILES string of the molecule is CCc1ccc2c(P3(=O)CCCC3)c(Nc3nc(Nc4cc(CC)c(N5CCC(N6CCN(CCc7ccc(C8CCC(=O)NC8=O)c8cnn(C)c78)CC6)CC5)cc4OC)ncc3Br)ccc2n1. The van der Waals surface area contributed by atoms with Gasteiger partial charge in [-0.1, -0.05) is 32.0 Å². The second-order valence-corrected chi connectivity index (χ2v) is 23.1. The standard InChI is InChI=1S/C52H63BrN11O4P/c1-5-33-29-44(58-52-54-32-41(53)50(60-52)57-43-15-14-42-39(12-10-35(6-2)56-42)49(43)69(67)27-7-8-28-69)46(68-4)30-45(33)64-21-18-36(19-22-64)63-25-23-62(24-26-63)20-17-34-9-11-37(40-31-55-61(3)48(34)40)38-13-16-47(65)59-51(38)66/h9-12,14-15,29-32,36,38H,5-8,13,16-28H2,1-4H3,(H,59,65,66)(H2,54,57,58,60). The van der Waals surface area contributed by atoms with Crippen molar-refractivity contribution in [3.63, 3.8) is 0 Å². The molecular weight excluding hydrogens is 954 g/mol. The van der Waals surface area contributed by atoms with Crippen molar-refractivity contribution in [2.75, 3.05) is 80.8 Å². The summed E-state index contributed by atoms with van der Waals surface area (Å²) in [4.78, 5) is 46.8. The molecule has 4 fully saturated rings. The number of amides is 2. The monoisotopic (exact) mass is 1020 g/mol. The number of nitrogens with zero attached hydrogens (tertiary/aromatic N) is 8. The van der Waals surface area contributed by atoms with E-state index in [0.29, 0.717) is 47.4 Å². The van der Waals surface area contributed by atoms with Crippen LogP contribution in [0.15, 0.2) is 65.4 Å². The van der Waals surface area contributed by atoms with Crippen LogP contribution in [0.25, 0.3) is 21.8 Å². The zero-order valence-electron chi connectivity index (χ0n) is 40.2. The van der Waals surface area contributed by atoms with E-state index in [1.165, 1.54) is 16.8 Å². The lowest BCUT2D eigenvalue weighted by Gasteiger charge is -2.43. The fourth-order valence-corrected chi connectivity index (χ4v) is 14.9. The normalized spacial score (nSPS) is 19.4. The molecule has 6 aromatic rings. The molecule has 0 spiro atoms. The van der Waals surface area contributed by atoms with Gasteiger partial charge in [-0.15, -0.1) is 0 Å². The molecule has 69 heavy (non-hydrogen) atoms. The predicted octanol–water partition coefficient (Wildman–Crippen LogP) is 8.43. The summed E-state index contributed by atoms with van der Waals surface area (Å²) in [5.74, 6) is 0.988. The number of piperidine rings is 2. The maximum atomic E-state index is 14.5. The molecule has 1 atom stereocenters. The van der Waals surface area contributed by atoms with Gasteiger partial charge in [-0.2, -0.15) is 10.1 Å². The molecule has 2 amide bonds. The Kier molecular flexibility index (Phi) is 13.8. The number of imide groups is 1. The lowest BCUT2D eigenvalue weighted by molar-refractivity contribution is -0.134. The third-order valence-corrected chi connectivity index (χ3v) is 19.0. The topological polar surface area (TPSA) is 163 Å². The molecular formula is C52H63BrN11O4P. The van der Waals surface area contributed by atoms with E-state index < -0.39 is 7.14 Å². The highest BCUT2D eigenvalue weighted by atomic mass is 79.9. The van der Waals surface area contributed by atoms with E-state index in [0.717, 1.165) is 146 Å². The Labute approximate surface area is 412 Å². The van der Waals surface area contributed by atoms with E-state index in [2.05, 4.69) is 107 Å². The molecule has 0 bridgehead atoms.